The molecule has 0 aromatic rings. The largest absolute Gasteiger partial charge is 0.393 e. The Hall–Kier alpha value is -0.410. The van der Waals surface area contributed by atoms with Crippen molar-refractivity contribution in [3.8, 4) is 0 Å². The van der Waals surface area contributed by atoms with E-state index >= 15 is 0 Å². The third kappa shape index (κ3) is 1.93. The zero-order chi connectivity index (χ0) is 16.6. The van der Waals surface area contributed by atoms with Gasteiger partial charge in [0.2, 0.25) is 0 Å². The Morgan fingerprint density at radius 3 is 2.48 bits per heavy atom. The van der Waals surface area contributed by atoms with Gasteiger partial charge in [-0.25, -0.2) is 0 Å². The normalized spacial score (nSPS) is 59.2. The quantitative estimate of drug-likeness (QED) is 0.720. The highest BCUT2D eigenvalue weighted by Gasteiger charge is 2.66. The number of carbonyl (C=O) groups excluding carboxylic acids is 1. The second-order valence-electron chi connectivity index (χ2n) is 9.74. The van der Waals surface area contributed by atoms with Gasteiger partial charge in [-0.05, 0) is 81.0 Å². The molecular weight excluding hydrogens is 288 g/mol. The maximum absolute atomic E-state index is 12.5. The third-order valence-corrected chi connectivity index (χ3v) is 9.09. The number of rotatable bonds is 0. The number of ketones is 1. The van der Waals surface area contributed by atoms with Gasteiger partial charge in [-0.1, -0.05) is 13.8 Å². The van der Waals surface area contributed by atoms with E-state index < -0.39 is 5.60 Å². The Labute approximate surface area is 139 Å². The molecule has 0 aromatic heterocycles. The Morgan fingerprint density at radius 1 is 1.00 bits per heavy atom. The van der Waals surface area contributed by atoms with Gasteiger partial charge in [0.05, 0.1) is 6.10 Å². The Kier molecular flexibility index (Phi) is 3.37. The Balaban J connectivity index is 1.66. The average molecular weight is 320 g/mol. The maximum atomic E-state index is 12.5. The van der Waals surface area contributed by atoms with Gasteiger partial charge in [0.1, 0.15) is 5.60 Å². The first kappa shape index (κ1) is 16.1. The third-order valence-electron chi connectivity index (χ3n) is 9.09. The Bertz CT molecular complexity index is 527. The smallest absolute Gasteiger partial charge is 0.164 e. The van der Waals surface area contributed by atoms with Crippen molar-refractivity contribution in [3.05, 3.63) is 0 Å². The first-order valence-corrected chi connectivity index (χ1v) is 9.64. The van der Waals surface area contributed by atoms with Gasteiger partial charge in [-0.15, -0.1) is 0 Å². The van der Waals surface area contributed by atoms with Gasteiger partial charge in [-0.3, -0.25) is 4.79 Å². The van der Waals surface area contributed by atoms with Crippen LogP contribution >= 0.6 is 0 Å². The van der Waals surface area contributed by atoms with E-state index in [0.717, 1.165) is 32.1 Å². The molecule has 3 heteroatoms. The first-order valence-electron chi connectivity index (χ1n) is 9.64. The molecule has 4 rings (SSSR count). The van der Waals surface area contributed by atoms with Crippen LogP contribution < -0.4 is 0 Å². The SMILES string of the molecule is C[C@]12CC[C@@H](O)C[C@H]1CC[C@@H]1[C@@H]2CC[C@@]2(C)[C@H]1CC(=O)[C@]2(C)O. The van der Waals surface area contributed by atoms with Crippen molar-refractivity contribution in [1.82, 2.24) is 0 Å². The van der Waals surface area contributed by atoms with Crippen molar-refractivity contribution < 1.29 is 15.0 Å². The molecule has 0 radical (unpaired) electrons. The molecule has 0 spiro atoms. The lowest BCUT2D eigenvalue weighted by molar-refractivity contribution is -0.160. The summed E-state index contributed by atoms with van der Waals surface area (Å²) in [5, 5.41) is 20.9. The molecule has 0 aliphatic heterocycles. The van der Waals surface area contributed by atoms with E-state index in [1.807, 2.05) is 0 Å². The lowest BCUT2D eigenvalue weighted by Crippen LogP contribution is -2.56. The lowest BCUT2D eigenvalue weighted by Gasteiger charge is -2.61. The van der Waals surface area contributed by atoms with Gasteiger partial charge in [0.25, 0.3) is 0 Å². The van der Waals surface area contributed by atoms with Gasteiger partial charge in [0, 0.05) is 11.8 Å². The molecule has 0 bridgehead atoms. The highest BCUT2D eigenvalue weighted by molar-refractivity contribution is 5.90. The van der Waals surface area contributed by atoms with Gasteiger partial charge >= 0.3 is 0 Å². The van der Waals surface area contributed by atoms with Gasteiger partial charge < -0.3 is 10.2 Å². The van der Waals surface area contributed by atoms with E-state index in [2.05, 4.69) is 13.8 Å². The van der Waals surface area contributed by atoms with Crippen LogP contribution in [0.5, 0.6) is 0 Å². The molecule has 23 heavy (non-hydrogen) atoms. The highest BCUT2D eigenvalue weighted by Crippen LogP contribution is 2.67. The summed E-state index contributed by atoms with van der Waals surface area (Å²) in [6.45, 7) is 6.38. The molecule has 0 saturated heterocycles. The number of Topliss-reactive ketones (excluding diaryl/α,β-unsaturated/α-hetero) is 1. The van der Waals surface area contributed by atoms with Crippen LogP contribution in [-0.2, 0) is 4.79 Å². The van der Waals surface area contributed by atoms with Crippen LogP contribution in [0.1, 0.15) is 72.1 Å². The molecule has 0 amide bonds. The summed E-state index contributed by atoms with van der Waals surface area (Å²) >= 11 is 0. The summed E-state index contributed by atoms with van der Waals surface area (Å²) in [4.78, 5) is 12.5. The Morgan fingerprint density at radius 2 is 1.74 bits per heavy atom. The van der Waals surface area contributed by atoms with Gasteiger partial charge in [-0.2, -0.15) is 0 Å². The zero-order valence-electron chi connectivity index (χ0n) is 14.8. The molecule has 2 N–H and O–H groups in total. The van der Waals surface area contributed by atoms with Gasteiger partial charge in [0.15, 0.2) is 5.78 Å². The first-order chi connectivity index (χ1) is 10.7. The number of aliphatic hydroxyl groups excluding tert-OH is 1. The van der Waals surface area contributed by atoms with Crippen molar-refractivity contribution in [3.63, 3.8) is 0 Å². The van der Waals surface area contributed by atoms with Crippen LogP contribution in [0.2, 0.25) is 0 Å². The number of aliphatic hydroxyl groups is 2. The van der Waals surface area contributed by atoms with Crippen LogP contribution in [0.15, 0.2) is 0 Å². The monoisotopic (exact) mass is 320 g/mol. The number of fused-ring (bicyclic) bond motifs is 5. The topological polar surface area (TPSA) is 57.5 Å². The summed E-state index contributed by atoms with van der Waals surface area (Å²) in [6, 6.07) is 0. The molecule has 4 aliphatic rings. The molecule has 0 unspecified atom stereocenters. The number of hydrogen-bond donors (Lipinski definition) is 2. The van der Waals surface area contributed by atoms with Crippen molar-refractivity contribution in [2.75, 3.05) is 0 Å². The molecule has 4 fully saturated rings. The van der Waals surface area contributed by atoms with E-state index in [1.165, 1.54) is 12.8 Å². The summed E-state index contributed by atoms with van der Waals surface area (Å²) in [6.07, 6.45) is 8.01. The van der Waals surface area contributed by atoms with Crippen molar-refractivity contribution in [2.24, 2.45) is 34.5 Å². The van der Waals surface area contributed by atoms with Crippen molar-refractivity contribution in [2.45, 2.75) is 83.8 Å². The molecular formula is C20H32O3. The zero-order valence-corrected chi connectivity index (χ0v) is 14.8. The molecule has 130 valence electrons. The van der Waals surface area contributed by atoms with Crippen LogP contribution in [0.3, 0.4) is 0 Å². The van der Waals surface area contributed by atoms with E-state index in [-0.39, 0.29) is 17.3 Å². The summed E-state index contributed by atoms with van der Waals surface area (Å²) in [7, 11) is 0. The van der Waals surface area contributed by atoms with Crippen LogP contribution in [-0.4, -0.2) is 27.7 Å². The van der Waals surface area contributed by atoms with Crippen molar-refractivity contribution in [1.29, 1.82) is 0 Å². The van der Waals surface area contributed by atoms with Crippen LogP contribution in [0.4, 0.5) is 0 Å². The number of carbonyl (C=O) groups is 1. The molecule has 3 nitrogen and oxygen atoms in total. The minimum atomic E-state index is -1.14. The number of hydrogen-bond acceptors (Lipinski definition) is 3. The molecule has 8 atom stereocenters. The van der Waals surface area contributed by atoms with E-state index in [0.29, 0.717) is 35.5 Å². The summed E-state index contributed by atoms with van der Waals surface area (Å²) in [5.41, 5.74) is -1.03. The fraction of sp³-hybridized carbons (Fsp3) is 0.950. The van der Waals surface area contributed by atoms with Crippen molar-refractivity contribution >= 4 is 5.78 Å². The second-order valence-corrected chi connectivity index (χ2v) is 9.74. The lowest BCUT2D eigenvalue weighted by atomic mass is 9.44. The highest BCUT2D eigenvalue weighted by atomic mass is 16.3. The minimum absolute atomic E-state index is 0.0667. The molecule has 0 heterocycles. The average Bonchev–Trinajstić information content (AvgIpc) is 2.67. The van der Waals surface area contributed by atoms with E-state index in [1.54, 1.807) is 6.92 Å². The van der Waals surface area contributed by atoms with E-state index in [9.17, 15) is 15.0 Å². The second kappa shape index (κ2) is 4.82. The summed E-state index contributed by atoms with van der Waals surface area (Å²) < 4.78 is 0. The fourth-order valence-electron chi connectivity index (χ4n) is 7.25. The molecule has 0 aromatic carbocycles. The summed E-state index contributed by atoms with van der Waals surface area (Å²) in [5.74, 6) is 2.33. The minimum Gasteiger partial charge on any atom is -0.393 e. The molecule has 4 aliphatic carbocycles. The standard InChI is InChI=1S/C20H32O3/c1-18-8-6-13(21)10-12(18)4-5-14-15(18)7-9-19(2)16(14)11-17(22)20(19,3)23/h12-16,21,23H,4-11H2,1-3H3/t12-,13-,14-,15+,16+,18+,19+,20+/m1/s1. The van der Waals surface area contributed by atoms with E-state index in [4.69, 9.17) is 0 Å². The fourth-order valence-corrected chi connectivity index (χ4v) is 7.25. The van der Waals surface area contributed by atoms with Crippen LogP contribution in [0, 0.1) is 34.5 Å². The maximum Gasteiger partial charge on any atom is 0.164 e. The predicted molar refractivity (Wildman–Crippen MR) is 88.7 cm³/mol. The molecule has 4 saturated carbocycles. The van der Waals surface area contributed by atoms with Crippen LogP contribution in [0.25, 0.3) is 0 Å². The predicted octanol–water partition coefficient (Wildman–Crippen LogP) is 3.32.